The number of rotatable bonds is 3. The van der Waals surface area contributed by atoms with Crippen molar-refractivity contribution in [2.75, 3.05) is 4.90 Å². The van der Waals surface area contributed by atoms with Gasteiger partial charge in [0, 0.05) is 39.9 Å². The molecule has 0 amide bonds. The lowest BCUT2D eigenvalue weighted by molar-refractivity contribution is 0.315. The highest BCUT2D eigenvalue weighted by Crippen LogP contribution is 2.54. The van der Waals surface area contributed by atoms with E-state index in [0.29, 0.717) is 11.0 Å². The monoisotopic (exact) mass is 707 g/mol. The van der Waals surface area contributed by atoms with Crippen LogP contribution in [0, 0.1) is 0 Å². The summed E-state index contributed by atoms with van der Waals surface area (Å²) in [7, 11) is 0. The fourth-order valence-electron chi connectivity index (χ4n) is 8.79. The van der Waals surface area contributed by atoms with Crippen molar-refractivity contribution in [3.8, 4) is 34.1 Å². The zero-order valence-corrected chi connectivity index (χ0v) is 32.0. The molecule has 266 valence electrons. The van der Waals surface area contributed by atoms with E-state index in [1.807, 2.05) is 6.07 Å². The lowest BCUT2D eigenvalue weighted by Gasteiger charge is -2.35. The van der Waals surface area contributed by atoms with Crippen LogP contribution >= 0.6 is 0 Å². The van der Waals surface area contributed by atoms with Gasteiger partial charge in [-0.2, -0.15) is 0 Å². The van der Waals surface area contributed by atoms with Crippen LogP contribution in [0.5, 0.6) is 23.0 Å². The number of nitrogens with zero attached hydrogens (tertiary/aromatic N) is 3. The molecule has 1 aromatic heterocycles. The summed E-state index contributed by atoms with van der Waals surface area (Å²) in [5.74, 6) is 3.19. The van der Waals surface area contributed by atoms with Crippen molar-refractivity contribution in [2.45, 2.75) is 71.6 Å². The van der Waals surface area contributed by atoms with Crippen LogP contribution in [0.15, 0.2) is 114 Å². The maximum Gasteiger partial charge on any atom is 0.260 e. The molecular weight excluding hydrogens is 665 g/mol. The number of fused-ring (bicyclic) bond motifs is 8. The first-order valence-electron chi connectivity index (χ1n) is 18.9. The Kier molecular flexibility index (Phi) is 6.75. The van der Waals surface area contributed by atoms with Gasteiger partial charge < -0.3 is 14.4 Å². The minimum Gasteiger partial charge on any atom is -0.458 e. The number of anilines is 3. The summed E-state index contributed by atoms with van der Waals surface area (Å²) in [5, 5.41) is 8.32. The molecule has 0 N–H and O–H groups in total. The summed E-state index contributed by atoms with van der Waals surface area (Å²) < 4.78 is 18.8. The Balaban J connectivity index is 1.20. The second-order valence-corrected chi connectivity index (χ2v) is 17.6. The molecule has 3 heterocycles. The topological polar surface area (TPSA) is 60.6 Å². The maximum atomic E-state index is 7.00. The van der Waals surface area contributed by atoms with Crippen molar-refractivity contribution in [3.63, 3.8) is 0 Å². The summed E-state index contributed by atoms with van der Waals surface area (Å²) in [5.41, 5.74) is 15.2. The SMILES string of the molecule is CC(C)(C)c1ccc(N(c2ccc3c(c2)Oc2cc(C(C)(C)C)cc4c2B3c2cc3nonc3cc2O4)c2cccc3c2-c2ccccc2C3(C)C)cc1. The van der Waals surface area contributed by atoms with E-state index in [-0.39, 0.29) is 23.0 Å². The van der Waals surface area contributed by atoms with Crippen molar-refractivity contribution >= 4 is 51.2 Å². The lowest BCUT2D eigenvalue weighted by atomic mass is 9.34. The zero-order valence-electron chi connectivity index (χ0n) is 32.0. The van der Waals surface area contributed by atoms with Gasteiger partial charge in [-0.15, -0.1) is 0 Å². The van der Waals surface area contributed by atoms with Gasteiger partial charge in [0.15, 0.2) is 0 Å². The first-order chi connectivity index (χ1) is 25.8. The molecule has 0 bridgehead atoms. The van der Waals surface area contributed by atoms with Gasteiger partial charge in [-0.05, 0) is 102 Å². The molecule has 6 aromatic carbocycles. The van der Waals surface area contributed by atoms with E-state index in [4.69, 9.17) is 14.1 Å². The first-order valence-corrected chi connectivity index (χ1v) is 18.9. The number of benzene rings is 6. The molecule has 0 fully saturated rings. The molecule has 0 saturated carbocycles. The molecule has 1 aliphatic carbocycles. The highest BCUT2D eigenvalue weighted by Gasteiger charge is 2.42. The normalized spacial score (nSPS) is 14.7. The largest absolute Gasteiger partial charge is 0.458 e. The van der Waals surface area contributed by atoms with Crippen molar-refractivity contribution in [2.24, 2.45) is 0 Å². The molecule has 3 aliphatic rings. The average molecular weight is 708 g/mol. The van der Waals surface area contributed by atoms with Crippen LogP contribution in [0.3, 0.4) is 0 Å². The number of hydrogen-bond donors (Lipinski definition) is 0. The lowest BCUT2D eigenvalue weighted by Crippen LogP contribution is -2.57. The third-order valence-electron chi connectivity index (χ3n) is 11.8. The second kappa shape index (κ2) is 11.1. The standard InChI is InChI=1S/C47H42BN3O3/c1-45(2,3)27-16-18-29(19-17-27)51(38-15-11-14-33-43(38)31-12-9-10-13-32(31)47(33,7)8)30-20-21-34-39(24-30)52-41-22-28(46(4,5)6)23-42-44(41)48(34)35-25-36-37(50-54-49-36)26-40(35)53-42/h9-26H,1-8H3. The highest BCUT2D eigenvalue weighted by atomic mass is 16.6. The number of ether oxygens (including phenoxy) is 2. The summed E-state index contributed by atoms with van der Waals surface area (Å²) in [6.45, 7) is 18.0. The third-order valence-corrected chi connectivity index (χ3v) is 11.8. The third kappa shape index (κ3) is 4.80. The van der Waals surface area contributed by atoms with Crippen LogP contribution in [-0.2, 0) is 16.2 Å². The Morgan fingerprint density at radius 2 is 1.20 bits per heavy atom. The van der Waals surface area contributed by atoms with E-state index in [0.717, 1.165) is 62.0 Å². The Labute approximate surface area is 316 Å². The van der Waals surface area contributed by atoms with Crippen molar-refractivity contribution in [1.29, 1.82) is 0 Å². The molecule has 6 nitrogen and oxygen atoms in total. The predicted molar refractivity (Wildman–Crippen MR) is 219 cm³/mol. The summed E-state index contributed by atoms with van der Waals surface area (Å²) >= 11 is 0. The molecule has 0 spiro atoms. The van der Waals surface area contributed by atoms with Crippen molar-refractivity contribution < 1.29 is 14.1 Å². The Hall–Kier alpha value is -5.82. The minimum absolute atomic E-state index is 0.0335. The zero-order chi connectivity index (χ0) is 37.3. The van der Waals surface area contributed by atoms with Gasteiger partial charge in [0.25, 0.3) is 6.71 Å². The summed E-state index contributed by atoms with van der Waals surface area (Å²) in [6.07, 6.45) is 0. The fraction of sp³-hybridized carbons (Fsp3) is 0.234. The molecule has 10 rings (SSSR count). The highest BCUT2D eigenvalue weighted by molar-refractivity contribution is 6.98. The summed E-state index contributed by atoms with van der Waals surface area (Å²) in [6, 6.07) is 39.7. The number of hydrogen-bond acceptors (Lipinski definition) is 6. The summed E-state index contributed by atoms with van der Waals surface area (Å²) in [4.78, 5) is 2.40. The van der Waals surface area contributed by atoms with Crippen LogP contribution in [0.1, 0.15) is 77.6 Å². The fourth-order valence-corrected chi connectivity index (χ4v) is 8.79. The molecule has 0 radical (unpaired) electrons. The van der Waals surface area contributed by atoms with Gasteiger partial charge in [0.1, 0.15) is 34.0 Å². The van der Waals surface area contributed by atoms with Crippen molar-refractivity contribution in [1.82, 2.24) is 10.3 Å². The van der Waals surface area contributed by atoms with Gasteiger partial charge in [-0.3, -0.25) is 0 Å². The van der Waals surface area contributed by atoms with Crippen molar-refractivity contribution in [3.05, 3.63) is 131 Å². The van der Waals surface area contributed by atoms with Gasteiger partial charge in [0.05, 0.1) is 5.69 Å². The van der Waals surface area contributed by atoms with Crippen LogP contribution in [-0.4, -0.2) is 17.0 Å². The Bertz CT molecular complexity index is 2680. The molecule has 0 unspecified atom stereocenters. The smallest absolute Gasteiger partial charge is 0.260 e. The molecule has 0 saturated heterocycles. The van der Waals surface area contributed by atoms with Gasteiger partial charge in [-0.25, -0.2) is 4.63 Å². The van der Waals surface area contributed by atoms with Gasteiger partial charge >= 0.3 is 0 Å². The van der Waals surface area contributed by atoms with E-state index in [2.05, 4.69) is 174 Å². The van der Waals surface area contributed by atoms with E-state index in [1.54, 1.807) is 0 Å². The van der Waals surface area contributed by atoms with Crippen LogP contribution in [0.2, 0.25) is 0 Å². The quantitative estimate of drug-likeness (QED) is 0.170. The maximum absolute atomic E-state index is 7.00. The second-order valence-electron chi connectivity index (χ2n) is 17.6. The van der Waals surface area contributed by atoms with Gasteiger partial charge in [0.2, 0.25) is 0 Å². The Morgan fingerprint density at radius 1 is 0.574 bits per heavy atom. The average Bonchev–Trinajstić information content (AvgIpc) is 3.69. The van der Waals surface area contributed by atoms with E-state index in [9.17, 15) is 0 Å². The van der Waals surface area contributed by atoms with Crippen LogP contribution < -0.4 is 30.8 Å². The molecular formula is C47H42BN3O3. The molecule has 0 atom stereocenters. The Morgan fingerprint density at radius 3 is 1.91 bits per heavy atom. The van der Waals surface area contributed by atoms with Gasteiger partial charge in [-0.1, -0.05) is 110 Å². The van der Waals surface area contributed by atoms with E-state index in [1.165, 1.54) is 27.8 Å². The molecule has 2 aliphatic heterocycles. The predicted octanol–water partition coefficient (Wildman–Crippen LogP) is 10.3. The van der Waals surface area contributed by atoms with Crippen LogP contribution in [0.25, 0.3) is 22.2 Å². The van der Waals surface area contributed by atoms with E-state index < -0.39 is 0 Å². The number of aromatic nitrogens is 2. The molecule has 54 heavy (non-hydrogen) atoms. The van der Waals surface area contributed by atoms with E-state index >= 15 is 0 Å². The van der Waals surface area contributed by atoms with Crippen LogP contribution in [0.4, 0.5) is 17.1 Å². The molecule has 7 heteroatoms. The molecule has 7 aromatic rings. The first kappa shape index (κ1) is 32.8. The minimum atomic E-state index is -0.129.